The first kappa shape index (κ1) is 24.2. The van der Waals surface area contributed by atoms with Gasteiger partial charge in [0.15, 0.2) is 0 Å². The van der Waals surface area contributed by atoms with Crippen molar-refractivity contribution in [1.29, 1.82) is 0 Å². The summed E-state index contributed by atoms with van der Waals surface area (Å²) in [6.07, 6.45) is 0. The zero-order valence-corrected chi connectivity index (χ0v) is 20.2. The van der Waals surface area contributed by atoms with Crippen LogP contribution in [0.15, 0.2) is 48.5 Å². The van der Waals surface area contributed by atoms with E-state index in [-0.39, 0.29) is 54.3 Å². The summed E-state index contributed by atoms with van der Waals surface area (Å²) in [7, 11) is 1.41. The molecule has 2 N–H and O–H groups in total. The van der Waals surface area contributed by atoms with E-state index in [1.54, 1.807) is 18.2 Å². The second kappa shape index (κ2) is 9.35. The van der Waals surface area contributed by atoms with Crippen LogP contribution in [0.3, 0.4) is 0 Å². The minimum Gasteiger partial charge on any atom is -0.507 e. The first-order chi connectivity index (χ1) is 16.1. The Kier molecular flexibility index (Phi) is 6.64. The van der Waals surface area contributed by atoms with Gasteiger partial charge in [0.25, 0.3) is 0 Å². The molecule has 0 aliphatic heterocycles. The van der Waals surface area contributed by atoms with Crippen LogP contribution >= 0.6 is 46.4 Å². The van der Waals surface area contributed by atoms with Gasteiger partial charge in [0.05, 0.1) is 34.6 Å². The molecule has 0 radical (unpaired) electrons. The van der Waals surface area contributed by atoms with E-state index in [0.717, 1.165) is 22.8 Å². The number of carbonyl (C=O) groups excluding carboxylic acids is 2. The highest BCUT2D eigenvalue weighted by molar-refractivity contribution is 6.45. The van der Waals surface area contributed by atoms with Crippen LogP contribution in [-0.4, -0.2) is 33.3 Å². The molecular formula is C23H13Cl4FN2O4. The van der Waals surface area contributed by atoms with Gasteiger partial charge in [-0.05, 0) is 36.4 Å². The summed E-state index contributed by atoms with van der Waals surface area (Å²) in [5.74, 6) is -2.30. The maximum atomic E-state index is 13.8. The molecule has 0 spiro atoms. The van der Waals surface area contributed by atoms with E-state index >= 15 is 0 Å². The van der Waals surface area contributed by atoms with Crippen LogP contribution in [0.4, 0.5) is 4.39 Å². The third-order valence-electron chi connectivity index (χ3n) is 5.01. The van der Waals surface area contributed by atoms with Crippen LogP contribution in [0, 0.1) is 5.82 Å². The van der Waals surface area contributed by atoms with Gasteiger partial charge in [0, 0.05) is 0 Å². The van der Waals surface area contributed by atoms with E-state index in [0.29, 0.717) is 0 Å². The van der Waals surface area contributed by atoms with Crippen molar-refractivity contribution in [2.24, 2.45) is 0 Å². The fourth-order valence-electron chi connectivity index (χ4n) is 3.45. The molecule has 0 unspecified atom stereocenters. The van der Waals surface area contributed by atoms with E-state index in [9.17, 15) is 19.1 Å². The number of aromatic nitrogens is 2. The van der Waals surface area contributed by atoms with Crippen LogP contribution in [0.5, 0.6) is 11.5 Å². The van der Waals surface area contributed by atoms with Crippen LogP contribution in [0.2, 0.25) is 20.4 Å². The van der Waals surface area contributed by atoms with Gasteiger partial charge in [-0.1, -0.05) is 58.5 Å². The maximum Gasteiger partial charge on any atom is 0.215 e. The molecule has 0 saturated heterocycles. The van der Waals surface area contributed by atoms with Crippen molar-refractivity contribution in [3.63, 3.8) is 0 Å². The van der Waals surface area contributed by atoms with E-state index < -0.39 is 23.1 Å². The molecule has 0 aliphatic carbocycles. The normalized spacial score (nSPS) is 11.0. The Balaban J connectivity index is 1.96. The minimum absolute atomic E-state index is 0.0509. The maximum absolute atomic E-state index is 13.8. The molecule has 6 nitrogen and oxygen atoms in total. The number of halogens is 5. The van der Waals surface area contributed by atoms with Gasteiger partial charge in [0.2, 0.25) is 11.6 Å². The number of hydrogen-bond acceptors (Lipinski definition) is 4. The number of carbonyl (C=O) groups is 2. The lowest BCUT2D eigenvalue weighted by Gasteiger charge is -2.13. The van der Waals surface area contributed by atoms with Crippen molar-refractivity contribution >= 4 is 58.0 Å². The zero-order valence-electron chi connectivity index (χ0n) is 17.1. The number of nitrogens with one attached hydrogen (secondary N) is 1. The van der Waals surface area contributed by atoms with E-state index in [4.69, 9.17) is 51.1 Å². The van der Waals surface area contributed by atoms with E-state index in [1.165, 1.54) is 19.2 Å². The summed E-state index contributed by atoms with van der Waals surface area (Å²) < 4.78 is 20.2. The van der Waals surface area contributed by atoms with Crippen molar-refractivity contribution in [2.45, 2.75) is 0 Å². The van der Waals surface area contributed by atoms with Crippen LogP contribution in [-0.2, 0) is 0 Å². The van der Waals surface area contributed by atoms with Crippen molar-refractivity contribution in [3.05, 3.63) is 97.2 Å². The predicted molar refractivity (Wildman–Crippen MR) is 128 cm³/mol. The number of nitrogens with zero attached hydrogens (tertiary/aromatic N) is 1. The summed E-state index contributed by atoms with van der Waals surface area (Å²) in [5, 5.41) is 9.70. The van der Waals surface area contributed by atoms with Gasteiger partial charge in [-0.15, -0.1) is 0 Å². The molecular weight excluding hydrogens is 529 g/mol. The molecule has 2 aromatic carbocycles. The average molecular weight is 542 g/mol. The number of ether oxygens (including phenoxy) is 1. The molecule has 4 rings (SSSR count). The number of aromatic amines is 1. The quantitative estimate of drug-likeness (QED) is 0.265. The predicted octanol–water partition coefficient (Wildman–Crippen LogP) is 6.73. The lowest BCUT2D eigenvalue weighted by atomic mass is 10.1. The van der Waals surface area contributed by atoms with Crippen molar-refractivity contribution in [2.75, 3.05) is 7.11 Å². The zero-order chi connectivity index (χ0) is 24.7. The number of ketones is 2. The second-order valence-electron chi connectivity index (χ2n) is 7.00. The number of hydrogen-bond donors (Lipinski definition) is 2. The smallest absolute Gasteiger partial charge is 0.215 e. The standard InChI is InChI=1S/C23H13Cl4FN2O4/c1-34-16-5-3-2-4-11(16)21(33)18-19(17(25)22(26)29-18)30-14(9-13(24)23(30)27)20(32)12-8-10(28)6-7-15(12)31/h2-9,29,31H,1H3. The van der Waals surface area contributed by atoms with Crippen LogP contribution in [0.25, 0.3) is 5.69 Å². The Bertz CT molecular complexity index is 1460. The molecule has 174 valence electrons. The van der Waals surface area contributed by atoms with Crippen molar-refractivity contribution < 1.29 is 23.8 Å². The number of phenols is 1. The first-order valence-electron chi connectivity index (χ1n) is 9.50. The summed E-state index contributed by atoms with van der Waals surface area (Å²) in [6, 6.07) is 10.6. The van der Waals surface area contributed by atoms with Gasteiger partial charge in [0.1, 0.15) is 38.3 Å². The molecule has 0 bridgehead atoms. The highest BCUT2D eigenvalue weighted by Gasteiger charge is 2.31. The Morgan fingerprint density at radius 1 is 1.00 bits per heavy atom. The third kappa shape index (κ3) is 4.05. The average Bonchev–Trinajstić information content (AvgIpc) is 3.29. The number of H-pyrrole nitrogens is 1. The number of aromatic hydroxyl groups is 1. The highest BCUT2D eigenvalue weighted by Crippen LogP contribution is 2.40. The lowest BCUT2D eigenvalue weighted by molar-refractivity contribution is 0.101. The number of methoxy groups -OCH3 is 1. The Morgan fingerprint density at radius 2 is 1.71 bits per heavy atom. The fourth-order valence-corrected chi connectivity index (χ4v) is 4.28. The lowest BCUT2D eigenvalue weighted by Crippen LogP contribution is -2.13. The molecule has 0 fully saturated rings. The minimum atomic E-state index is -0.824. The van der Waals surface area contributed by atoms with Gasteiger partial charge >= 0.3 is 0 Å². The summed E-state index contributed by atoms with van der Waals surface area (Å²) >= 11 is 25.2. The molecule has 0 amide bonds. The monoisotopic (exact) mass is 540 g/mol. The summed E-state index contributed by atoms with van der Waals surface area (Å²) in [5.41, 5.74) is -0.513. The first-order valence-corrected chi connectivity index (χ1v) is 11.0. The summed E-state index contributed by atoms with van der Waals surface area (Å²) in [6.45, 7) is 0. The molecule has 2 aromatic heterocycles. The fraction of sp³-hybridized carbons (Fsp3) is 0.0435. The highest BCUT2D eigenvalue weighted by atomic mass is 35.5. The van der Waals surface area contributed by atoms with Crippen molar-refractivity contribution in [1.82, 2.24) is 9.55 Å². The number of phenolic OH excluding ortho intramolecular Hbond substituents is 1. The van der Waals surface area contributed by atoms with Gasteiger partial charge in [-0.25, -0.2) is 4.39 Å². The van der Waals surface area contributed by atoms with Gasteiger partial charge in [-0.2, -0.15) is 0 Å². The molecule has 0 atom stereocenters. The molecule has 2 heterocycles. The molecule has 0 saturated carbocycles. The second-order valence-corrected chi connectivity index (χ2v) is 8.52. The van der Waals surface area contributed by atoms with Crippen molar-refractivity contribution in [3.8, 4) is 17.2 Å². The topological polar surface area (TPSA) is 84.3 Å². The van der Waals surface area contributed by atoms with E-state index in [2.05, 4.69) is 4.98 Å². The van der Waals surface area contributed by atoms with Gasteiger partial charge < -0.3 is 14.8 Å². The number of para-hydroxylation sites is 1. The third-order valence-corrected chi connectivity index (χ3v) is 6.51. The number of rotatable bonds is 6. The Hall–Kier alpha value is -2.97. The van der Waals surface area contributed by atoms with Crippen LogP contribution < -0.4 is 4.74 Å². The number of benzene rings is 2. The van der Waals surface area contributed by atoms with Crippen LogP contribution in [0.1, 0.15) is 32.1 Å². The molecule has 0 aliphatic rings. The largest absolute Gasteiger partial charge is 0.507 e. The van der Waals surface area contributed by atoms with E-state index in [1.807, 2.05) is 0 Å². The molecule has 4 aromatic rings. The molecule has 34 heavy (non-hydrogen) atoms. The SMILES string of the molecule is COc1ccccc1C(=O)c1[nH]c(Cl)c(Cl)c1-n1c(C(=O)c2cc(F)ccc2O)cc(Cl)c1Cl. The molecule has 11 heteroatoms. The Morgan fingerprint density at radius 3 is 2.41 bits per heavy atom. The Labute approximate surface area is 212 Å². The summed E-state index contributed by atoms with van der Waals surface area (Å²) in [4.78, 5) is 29.5. The van der Waals surface area contributed by atoms with Gasteiger partial charge in [-0.3, -0.25) is 14.2 Å².